The van der Waals surface area contributed by atoms with Gasteiger partial charge in [0.1, 0.15) is 5.75 Å². The normalized spacial score (nSPS) is 10.6. The van der Waals surface area contributed by atoms with Crippen LogP contribution >= 0.6 is 0 Å². The number of carbonyl (C=O) groups excluding carboxylic acids is 1. The number of benzene rings is 2. The molecule has 7 nitrogen and oxygen atoms in total. The molecule has 0 aliphatic rings. The molecule has 7 heteroatoms. The van der Waals surface area contributed by atoms with E-state index in [4.69, 9.17) is 4.74 Å². The van der Waals surface area contributed by atoms with Gasteiger partial charge in [0.2, 0.25) is 0 Å². The first-order valence-corrected chi connectivity index (χ1v) is 7.69. The van der Waals surface area contributed by atoms with Crippen LogP contribution in [0.4, 0.5) is 5.69 Å². The largest absolute Gasteiger partial charge is 0.483 e. The lowest BCUT2D eigenvalue weighted by molar-refractivity contribution is -0.118. The SMILES string of the molecule is Cc1cccc(OCC(=O)Nc2ccc3[nH]c(=O)c(=O)[nH]c3c2)c1C. The molecule has 1 heterocycles. The highest BCUT2D eigenvalue weighted by molar-refractivity contribution is 5.93. The van der Waals surface area contributed by atoms with Gasteiger partial charge in [-0.2, -0.15) is 0 Å². The number of hydrogen-bond donors (Lipinski definition) is 3. The van der Waals surface area contributed by atoms with Crippen LogP contribution in [0.25, 0.3) is 11.0 Å². The topological polar surface area (TPSA) is 104 Å². The van der Waals surface area contributed by atoms with Crippen molar-refractivity contribution in [3.63, 3.8) is 0 Å². The molecule has 0 bridgehead atoms. The van der Waals surface area contributed by atoms with E-state index in [2.05, 4.69) is 15.3 Å². The molecule has 0 radical (unpaired) electrons. The summed E-state index contributed by atoms with van der Waals surface area (Å²) in [6.45, 7) is 3.77. The summed E-state index contributed by atoms with van der Waals surface area (Å²) in [5, 5.41) is 2.69. The number of aryl methyl sites for hydroxylation is 1. The molecule has 3 N–H and O–H groups in total. The predicted molar refractivity (Wildman–Crippen MR) is 95.2 cm³/mol. The lowest BCUT2D eigenvalue weighted by Gasteiger charge is -2.11. The number of nitrogens with one attached hydrogen (secondary N) is 3. The Morgan fingerprint density at radius 1 is 1.04 bits per heavy atom. The lowest BCUT2D eigenvalue weighted by Crippen LogP contribution is -2.29. The van der Waals surface area contributed by atoms with E-state index in [0.29, 0.717) is 22.5 Å². The van der Waals surface area contributed by atoms with Crippen molar-refractivity contribution in [3.8, 4) is 5.75 Å². The second-order valence-electron chi connectivity index (χ2n) is 5.70. The average molecular weight is 339 g/mol. The zero-order valence-corrected chi connectivity index (χ0v) is 13.8. The van der Waals surface area contributed by atoms with Crippen molar-refractivity contribution < 1.29 is 9.53 Å². The summed E-state index contributed by atoms with van der Waals surface area (Å²) in [5.41, 5.74) is 2.02. The quantitative estimate of drug-likeness (QED) is 0.631. The Kier molecular flexibility index (Phi) is 4.38. The number of aromatic amines is 2. The van der Waals surface area contributed by atoms with Gasteiger partial charge in [-0.1, -0.05) is 12.1 Å². The van der Waals surface area contributed by atoms with E-state index in [1.165, 1.54) is 0 Å². The number of H-pyrrole nitrogens is 2. The molecule has 0 aliphatic heterocycles. The average Bonchev–Trinajstić information content (AvgIpc) is 2.57. The summed E-state index contributed by atoms with van der Waals surface area (Å²) >= 11 is 0. The molecule has 0 atom stereocenters. The minimum absolute atomic E-state index is 0.134. The van der Waals surface area contributed by atoms with E-state index >= 15 is 0 Å². The Balaban J connectivity index is 1.71. The van der Waals surface area contributed by atoms with E-state index in [1.807, 2.05) is 32.0 Å². The maximum atomic E-state index is 12.1. The molecule has 1 aromatic heterocycles. The first-order valence-electron chi connectivity index (χ1n) is 7.69. The first kappa shape index (κ1) is 16.5. The van der Waals surface area contributed by atoms with Crippen LogP contribution in [-0.2, 0) is 4.79 Å². The summed E-state index contributed by atoms with van der Waals surface area (Å²) in [4.78, 5) is 39.7. The summed E-state index contributed by atoms with van der Waals surface area (Å²) in [5.74, 6) is 0.336. The van der Waals surface area contributed by atoms with Crippen LogP contribution in [0.3, 0.4) is 0 Å². The lowest BCUT2D eigenvalue weighted by atomic mass is 10.1. The molecule has 0 aliphatic carbocycles. The molecule has 0 saturated heterocycles. The smallest absolute Gasteiger partial charge is 0.314 e. The Labute approximate surface area is 142 Å². The highest BCUT2D eigenvalue weighted by atomic mass is 16.5. The molecular formula is C18H17N3O4. The third kappa shape index (κ3) is 3.60. The number of anilines is 1. The maximum absolute atomic E-state index is 12.1. The van der Waals surface area contributed by atoms with Crippen LogP contribution in [-0.4, -0.2) is 22.5 Å². The van der Waals surface area contributed by atoms with Crippen LogP contribution in [0.2, 0.25) is 0 Å². The van der Waals surface area contributed by atoms with Gasteiger partial charge in [0.25, 0.3) is 5.91 Å². The molecule has 1 amide bonds. The number of fused-ring (bicyclic) bond motifs is 1. The summed E-state index contributed by atoms with van der Waals surface area (Å²) in [6.07, 6.45) is 0. The summed E-state index contributed by atoms with van der Waals surface area (Å²) in [7, 11) is 0. The van der Waals surface area contributed by atoms with Crippen molar-refractivity contribution >= 4 is 22.6 Å². The van der Waals surface area contributed by atoms with Gasteiger partial charge in [0, 0.05) is 5.69 Å². The number of ether oxygens (including phenoxy) is 1. The van der Waals surface area contributed by atoms with E-state index in [1.54, 1.807) is 18.2 Å². The van der Waals surface area contributed by atoms with Gasteiger partial charge in [-0.15, -0.1) is 0 Å². The van der Waals surface area contributed by atoms with Crippen molar-refractivity contribution in [1.82, 2.24) is 9.97 Å². The molecule has 3 rings (SSSR count). The van der Waals surface area contributed by atoms with Gasteiger partial charge < -0.3 is 20.0 Å². The van der Waals surface area contributed by atoms with Crippen molar-refractivity contribution in [2.75, 3.05) is 11.9 Å². The predicted octanol–water partition coefficient (Wildman–Crippen LogP) is 1.85. The molecule has 3 aromatic rings. The summed E-state index contributed by atoms with van der Waals surface area (Å²) < 4.78 is 5.56. The van der Waals surface area contributed by atoms with Crippen molar-refractivity contribution in [1.29, 1.82) is 0 Å². The van der Waals surface area contributed by atoms with E-state index in [0.717, 1.165) is 11.1 Å². The van der Waals surface area contributed by atoms with Crippen LogP contribution in [0.15, 0.2) is 46.0 Å². The third-order valence-electron chi connectivity index (χ3n) is 3.92. The van der Waals surface area contributed by atoms with E-state index in [-0.39, 0.29) is 12.5 Å². The van der Waals surface area contributed by atoms with Gasteiger partial charge in [0.15, 0.2) is 6.61 Å². The standard InChI is InChI=1S/C18H17N3O4/c1-10-4-3-5-15(11(10)2)25-9-16(22)19-12-6-7-13-14(8-12)21-18(24)17(23)20-13/h3-8H,9H2,1-2H3,(H,19,22)(H,20,23)(H,21,24). The van der Waals surface area contributed by atoms with E-state index < -0.39 is 11.1 Å². The number of hydrogen-bond acceptors (Lipinski definition) is 4. The minimum Gasteiger partial charge on any atom is -0.483 e. The number of carbonyl (C=O) groups is 1. The molecular weight excluding hydrogens is 322 g/mol. The minimum atomic E-state index is -0.741. The maximum Gasteiger partial charge on any atom is 0.314 e. The Morgan fingerprint density at radius 2 is 1.76 bits per heavy atom. The number of aromatic nitrogens is 2. The van der Waals surface area contributed by atoms with Crippen LogP contribution < -0.4 is 21.2 Å². The van der Waals surface area contributed by atoms with Gasteiger partial charge >= 0.3 is 11.1 Å². The summed E-state index contributed by atoms with van der Waals surface area (Å²) in [6, 6.07) is 10.5. The van der Waals surface area contributed by atoms with Gasteiger partial charge in [-0.25, -0.2) is 0 Å². The third-order valence-corrected chi connectivity index (χ3v) is 3.92. The number of rotatable bonds is 4. The molecule has 2 aromatic carbocycles. The van der Waals surface area contributed by atoms with Gasteiger partial charge in [-0.3, -0.25) is 14.4 Å². The Morgan fingerprint density at radius 3 is 2.52 bits per heavy atom. The molecule has 0 spiro atoms. The molecule has 128 valence electrons. The zero-order chi connectivity index (χ0) is 18.0. The molecule has 0 unspecified atom stereocenters. The Hall–Kier alpha value is -3.35. The Bertz CT molecular complexity index is 1070. The van der Waals surface area contributed by atoms with Crippen molar-refractivity contribution in [2.24, 2.45) is 0 Å². The van der Waals surface area contributed by atoms with Crippen LogP contribution in [0.1, 0.15) is 11.1 Å². The number of amides is 1. The zero-order valence-electron chi connectivity index (χ0n) is 13.8. The second kappa shape index (κ2) is 6.64. The fraction of sp³-hybridized carbons (Fsp3) is 0.167. The molecule has 25 heavy (non-hydrogen) atoms. The van der Waals surface area contributed by atoms with Crippen molar-refractivity contribution in [3.05, 3.63) is 68.2 Å². The fourth-order valence-corrected chi connectivity index (χ4v) is 2.41. The highest BCUT2D eigenvalue weighted by Gasteiger charge is 2.08. The van der Waals surface area contributed by atoms with Crippen LogP contribution in [0, 0.1) is 13.8 Å². The highest BCUT2D eigenvalue weighted by Crippen LogP contribution is 2.20. The van der Waals surface area contributed by atoms with E-state index in [9.17, 15) is 14.4 Å². The molecule has 0 saturated carbocycles. The monoisotopic (exact) mass is 339 g/mol. The van der Waals surface area contributed by atoms with Gasteiger partial charge in [0.05, 0.1) is 11.0 Å². The van der Waals surface area contributed by atoms with Crippen molar-refractivity contribution in [2.45, 2.75) is 13.8 Å². The second-order valence-corrected chi connectivity index (χ2v) is 5.70. The molecule has 0 fully saturated rings. The first-order chi connectivity index (χ1) is 11.9. The van der Waals surface area contributed by atoms with Crippen LogP contribution in [0.5, 0.6) is 5.75 Å². The fourth-order valence-electron chi connectivity index (χ4n) is 2.41. The van der Waals surface area contributed by atoms with Gasteiger partial charge in [-0.05, 0) is 49.2 Å².